The Labute approximate surface area is 195 Å². The Morgan fingerprint density at radius 2 is 2.18 bits per heavy atom. The quantitative estimate of drug-likeness (QED) is 0.536. The number of methoxy groups -OCH3 is 1. The zero-order valence-electron chi connectivity index (χ0n) is 18.6. The number of likely N-dealkylation sites (N-methyl/N-ethyl adjacent to an activating group) is 2. The van der Waals surface area contributed by atoms with Gasteiger partial charge in [-0.25, -0.2) is 14.4 Å². The monoisotopic (exact) mass is 473 g/mol. The number of ether oxygens (including phenoxy) is 1. The van der Waals surface area contributed by atoms with Crippen LogP contribution in [0.25, 0.3) is 10.9 Å². The van der Waals surface area contributed by atoms with Crippen molar-refractivity contribution in [2.75, 3.05) is 39.6 Å². The largest absolute Gasteiger partial charge is 0.496 e. The number of hydrogen-bond donors (Lipinski definition) is 2. The number of nitrogens with zero attached hydrogens (tertiary/aromatic N) is 4. The van der Waals surface area contributed by atoms with Crippen LogP contribution in [0.15, 0.2) is 36.7 Å². The van der Waals surface area contributed by atoms with Crippen LogP contribution in [-0.2, 0) is 11.3 Å². The molecule has 1 unspecified atom stereocenters. The molecule has 8 nitrogen and oxygen atoms in total. The molecule has 0 radical (unpaired) electrons. The number of aromatic nitrogens is 2. The zero-order chi connectivity index (χ0) is 23.8. The highest BCUT2D eigenvalue weighted by Crippen LogP contribution is 2.34. The minimum atomic E-state index is -0.993. The Kier molecular flexibility index (Phi) is 6.38. The van der Waals surface area contributed by atoms with Gasteiger partial charge in [0, 0.05) is 36.7 Å². The average molecular weight is 474 g/mol. The highest BCUT2D eigenvalue weighted by atomic mass is 35.5. The van der Waals surface area contributed by atoms with Gasteiger partial charge in [-0.15, -0.1) is 0 Å². The first kappa shape index (κ1) is 23.2. The van der Waals surface area contributed by atoms with Gasteiger partial charge in [0.15, 0.2) is 5.82 Å². The second-order valence-electron chi connectivity index (χ2n) is 8.31. The topological polar surface area (TPSA) is 90.8 Å². The van der Waals surface area contributed by atoms with E-state index in [0.29, 0.717) is 48.5 Å². The molecule has 1 aliphatic rings. The molecule has 4 rings (SSSR count). The summed E-state index contributed by atoms with van der Waals surface area (Å²) in [5, 5.41) is 13.7. The third kappa shape index (κ3) is 4.31. The van der Waals surface area contributed by atoms with E-state index in [0.717, 1.165) is 5.56 Å². The lowest BCUT2D eigenvalue weighted by Crippen LogP contribution is -2.54. The van der Waals surface area contributed by atoms with Crippen molar-refractivity contribution in [2.45, 2.75) is 18.5 Å². The molecule has 1 fully saturated rings. The van der Waals surface area contributed by atoms with Crippen molar-refractivity contribution >= 4 is 40.0 Å². The van der Waals surface area contributed by atoms with Crippen LogP contribution in [0.2, 0.25) is 5.02 Å². The molecule has 1 saturated heterocycles. The number of carboxylic acids is 1. The van der Waals surface area contributed by atoms with Gasteiger partial charge in [-0.1, -0.05) is 17.7 Å². The van der Waals surface area contributed by atoms with Crippen molar-refractivity contribution < 1.29 is 19.0 Å². The minimum Gasteiger partial charge on any atom is -0.496 e. The molecule has 1 atom stereocenters. The predicted molar refractivity (Wildman–Crippen MR) is 125 cm³/mol. The molecule has 174 valence electrons. The second-order valence-corrected chi connectivity index (χ2v) is 8.72. The molecule has 2 aromatic carbocycles. The van der Waals surface area contributed by atoms with Gasteiger partial charge in [-0.2, -0.15) is 0 Å². The first-order valence-electron chi connectivity index (χ1n) is 10.4. The molecule has 3 aromatic rings. The Hall–Kier alpha value is -3.01. The zero-order valence-corrected chi connectivity index (χ0v) is 19.4. The molecule has 2 heterocycles. The number of carboxylic acid groups (broad SMARTS) is 1. The molecule has 1 aromatic heterocycles. The van der Waals surface area contributed by atoms with Gasteiger partial charge >= 0.3 is 5.97 Å². The van der Waals surface area contributed by atoms with Crippen LogP contribution >= 0.6 is 11.6 Å². The lowest BCUT2D eigenvalue weighted by Gasteiger charge is -2.35. The fraction of sp³-hybridized carbons (Fsp3) is 0.348. The van der Waals surface area contributed by atoms with E-state index < -0.39 is 17.3 Å². The van der Waals surface area contributed by atoms with Gasteiger partial charge in [0.05, 0.1) is 23.3 Å². The third-order valence-corrected chi connectivity index (χ3v) is 6.51. The summed E-state index contributed by atoms with van der Waals surface area (Å²) in [4.78, 5) is 24.7. The van der Waals surface area contributed by atoms with Crippen LogP contribution in [0.5, 0.6) is 5.75 Å². The maximum atomic E-state index is 14.5. The number of benzene rings is 2. The number of hydrogen-bond acceptors (Lipinski definition) is 7. The van der Waals surface area contributed by atoms with Crippen LogP contribution in [-0.4, -0.2) is 70.7 Å². The number of aliphatic carboxylic acids is 1. The molecule has 1 aliphatic heterocycles. The third-order valence-electron chi connectivity index (χ3n) is 6.22. The van der Waals surface area contributed by atoms with Crippen LogP contribution in [0, 0.1) is 5.82 Å². The molecule has 10 heteroatoms. The number of carbonyl (C=O) groups is 1. The van der Waals surface area contributed by atoms with Crippen LogP contribution in [0.1, 0.15) is 12.0 Å². The van der Waals surface area contributed by atoms with Crippen molar-refractivity contribution in [3.63, 3.8) is 0 Å². The van der Waals surface area contributed by atoms with Crippen LogP contribution in [0.3, 0.4) is 0 Å². The van der Waals surface area contributed by atoms with Crippen molar-refractivity contribution in [1.82, 2.24) is 19.8 Å². The van der Waals surface area contributed by atoms with E-state index in [9.17, 15) is 14.3 Å². The maximum absolute atomic E-state index is 14.5. The molecule has 33 heavy (non-hydrogen) atoms. The average Bonchev–Trinajstić information content (AvgIpc) is 3.20. The SMILES string of the molecule is COc1cc2ncnc(Nc3cccc(Cl)c3F)c2cc1CN(C)C1(C(=O)O)CCN(C)C1. The van der Waals surface area contributed by atoms with Gasteiger partial charge in [-0.05, 0) is 38.7 Å². The van der Waals surface area contributed by atoms with E-state index in [2.05, 4.69) is 15.3 Å². The highest BCUT2D eigenvalue weighted by molar-refractivity contribution is 6.31. The summed E-state index contributed by atoms with van der Waals surface area (Å²) < 4.78 is 20.0. The van der Waals surface area contributed by atoms with Crippen molar-refractivity contribution in [1.29, 1.82) is 0 Å². The first-order chi connectivity index (χ1) is 15.7. The number of likely N-dealkylation sites (tertiary alicyclic amines) is 1. The molecule has 0 saturated carbocycles. The van der Waals surface area contributed by atoms with E-state index in [-0.39, 0.29) is 10.7 Å². The number of nitrogens with one attached hydrogen (secondary N) is 1. The second kappa shape index (κ2) is 9.09. The summed E-state index contributed by atoms with van der Waals surface area (Å²) >= 11 is 5.91. The van der Waals surface area contributed by atoms with E-state index in [4.69, 9.17) is 16.3 Å². The fourth-order valence-corrected chi connectivity index (χ4v) is 4.48. The van der Waals surface area contributed by atoms with Gasteiger partial charge < -0.3 is 20.1 Å². The number of fused-ring (bicyclic) bond motifs is 1. The van der Waals surface area contributed by atoms with E-state index >= 15 is 0 Å². The minimum absolute atomic E-state index is 0.00263. The van der Waals surface area contributed by atoms with Gasteiger partial charge in [-0.3, -0.25) is 9.69 Å². The molecule has 0 amide bonds. The summed E-state index contributed by atoms with van der Waals surface area (Å²) in [6.07, 6.45) is 1.90. The van der Waals surface area contributed by atoms with Gasteiger partial charge in [0.1, 0.15) is 23.4 Å². The molecule has 0 spiro atoms. The smallest absolute Gasteiger partial charge is 0.325 e. The number of rotatable bonds is 7. The Balaban J connectivity index is 1.73. The molecule has 2 N–H and O–H groups in total. The summed E-state index contributed by atoms with van der Waals surface area (Å²) in [5.41, 5.74) is 0.571. The normalized spacial score (nSPS) is 18.7. The maximum Gasteiger partial charge on any atom is 0.325 e. The fourth-order valence-electron chi connectivity index (χ4n) is 4.31. The van der Waals surface area contributed by atoms with Crippen molar-refractivity contribution in [2.24, 2.45) is 0 Å². The van der Waals surface area contributed by atoms with Gasteiger partial charge in [0.2, 0.25) is 0 Å². The number of halogens is 2. The molecular formula is C23H25ClFN5O3. The van der Waals surface area contributed by atoms with Crippen molar-refractivity contribution in [3.05, 3.63) is 53.1 Å². The number of anilines is 2. The lowest BCUT2D eigenvalue weighted by molar-refractivity contribution is -0.150. The van der Waals surface area contributed by atoms with E-state index in [1.807, 2.05) is 22.9 Å². The molecule has 0 aliphatic carbocycles. The standard InChI is InChI=1S/C23H25ClFN5O3/c1-29-8-7-23(12-29,22(31)32)30(2)11-14-9-15-18(10-19(14)33-3)26-13-27-21(15)28-17-6-4-5-16(24)20(17)25/h4-6,9-10,13H,7-8,11-12H2,1-3H3,(H,31,32)(H,26,27,28). The van der Waals surface area contributed by atoms with Crippen LogP contribution in [0.4, 0.5) is 15.9 Å². The van der Waals surface area contributed by atoms with Crippen LogP contribution < -0.4 is 10.1 Å². The van der Waals surface area contributed by atoms with E-state index in [1.54, 1.807) is 32.4 Å². The lowest BCUT2D eigenvalue weighted by atomic mass is 9.95. The molecular weight excluding hydrogens is 449 g/mol. The summed E-state index contributed by atoms with van der Waals surface area (Å²) in [5.74, 6) is -0.439. The summed E-state index contributed by atoms with van der Waals surface area (Å²) in [6, 6.07) is 8.31. The van der Waals surface area contributed by atoms with Crippen molar-refractivity contribution in [3.8, 4) is 5.75 Å². The summed E-state index contributed by atoms with van der Waals surface area (Å²) in [6.45, 7) is 1.47. The van der Waals surface area contributed by atoms with Gasteiger partial charge in [0.25, 0.3) is 0 Å². The highest BCUT2D eigenvalue weighted by Gasteiger charge is 2.47. The van der Waals surface area contributed by atoms with E-state index in [1.165, 1.54) is 12.4 Å². The Morgan fingerprint density at radius 1 is 1.39 bits per heavy atom. The molecule has 0 bridgehead atoms. The Bertz CT molecular complexity index is 1210. The predicted octanol–water partition coefficient (Wildman–Crippen LogP) is 3.77. The first-order valence-corrected chi connectivity index (χ1v) is 10.8. The Morgan fingerprint density at radius 3 is 2.85 bits per heavy atom. The summed E-state index contributed by atoms with van der Waals surface area (Å²) in [7, 11) is 5.28.